The van der Waals surface area contributed by atoms with Crippen LogP contribution in [0.2, 0.25) is 0 Å². The molecule has 25 heavy (non-hydrogen) atoms. The first-order valence-corrected chi connectivity index (χ1v) is 8.08. The number of hydrogen-bond acceptors (Lipinski definition) is 5. The molecule has 2 aromatic heterocycles. The molecule has 4 rings (SSSR count). The van der Waals surface area contributed by atoms with Crippen molar-refractivity contribution in [1.29, 1.82) is 0 Å². The Hall–Kier alpha value is -3.07. The van der Waals surface area contributed by atoms with E-state index in [4.69, 9.17) is 0 Å². The zero-order valence-electron chi connectivity index (χ0n) is 12.6. The molecule has 1 aromatic carbocycles. The number of nitrogens with one attached hydrogen (secondary N) is 1. The van der Waals surface area contributed by atoms with Crippen LogP contribution in [0.5, 0.6) is 0 Å². The molecule has 0 atom stereocenters. The molecule has 124 valence electrons. The SMILES string of the molecule is O=C(CN1C(=O)c2ccccc2C1=O)Nc1cc(Br)cn2cnnc12. The lowest BCUT2D eigenvalue weighted by atomic mass is 10.1. The van der Waals surface area contributed by atoms with E-state index in [9.17, 15) is 14.4 Å². The normalized spacial score (nSPS) is 13.4. The number of amides is 3. The fraction of sp³-hybridized carbons (Fsp3) is 0.0625. The molecule has 0 aliphatic carbocycles. The number of nitrogens with zero attached hydrogens (tertiary/aromatic N) is 4. The third-order valence-electron chi connectivity index (χ3n) is 3.81. The van der Waals surface area contributed by atoms with Gasteiger partial charge in [-0.25, -0.2) is 0 Å². The van der Waals surface area contributed by atoms with E-state index in [1.165, 1.54) is 6.33 Å². The summed E-state index contributed by atoms with van der Waals surface area (Å²) in [6.07, 6.45) is 3.25. The highest BCUT2D eigenvalue weighted by atomic mass is 79.9. The highest BCUT2D eigenvalue weighted by molar-refractivity contribution is 9.10. The van der Waals surface area contributed by atoms with Gasteiger partial charge in [0.05, 0.1) is 16.8 Å². The van der Waals surface area contributed by atoms with Gasteiger partial charge in [0.15, 0.2) is 5.65 Å². The van der Waals surface area contributed by atoms with Crippen LogP contribution < -0.4 is 5.32 Å². The van der Waals surface area contributed by atoms with Gasteiger partial charge in [-0.05, 0) is 34.1 Å². The number of benzene rings is 1. The molecule has 1 aliphatic heterocycles. The minimum atomic E-state index is -0.502. The standard InChI is InChI=1S/C16H10BrN5O3/c17-9-5-12(14-20-18-8-21(14)6-9)19-13(23)7-22-15(24)10-3-1-2-4-11(10)16(22)25/h1-6,8H,7H2,(H,19,23). The molecule has 0 unspecified atom stereocenters. The molecule has 0 saturated heterocycles. The molecule has 9 heteroatoms. The van der Waals surface area contributed by atoms with Crippen molar-refractivity contribution in [3.63, 3.8) is 0 Å². The second kappa shape index (κ2) is 5.78. The number of aromatic nitrogens is 3. The molecule has 0 spiro atoms. The Balaban J connectivity index is 1.56. The Kier molecular flexibility index (Phi) is 3.57. The van der Waals surface area contributed by atoms with Crippen molar-refractivity contribution in [2.24, 2.45) is 0 Å². The van der Waals surface area contributed by atoms with Gasteiger partial charge in [0.1, 0.15) is 12.9 Å². The van der Waals surface area contributed by atoms with Crippen LogP contribution in [-0.4, -0.2) is 43.8 Å². The summed E-state index contributed by atoms with van der Waals surface area (Å²) in [5.74, 6) is -1.45. The van der Waals surface area contributed by atoms with E-state index in [0.717, 1.165) is 9.37 Å². The number of pyridine rings is 1. The number of halogens is 1. The first-order valence-electron chi connectivity index (χ1n) is 7.28. The van der Waals surface area contributed by atoms with Crippen molar-refractivity contribution in [2.75, 3.05) is 11.9 Å². The maximum Gasteiger partial charge on any atom is 0.262 e. The highest BCUT2D eigenvalue weighted by Gasteiger charge is 2.36. The summed E-state index contributed by atoms with van der Waals surface area (Å²) in [5, 5.41) is 10.4. The predicted octanol–water partition coefficient (Wildman–Crippen LogP) is 1.73. The molecule has 0 fully saturated rings. The Morgan fingerprint density at radius 2 is 1.84 bits per heavy atom. The third-order valence-corrected chi connectivity index (χ3v) is 4.25. The first kappa shape index (κ1) is 15.5. The number of imide groups is 1. The van der Waals surface area contributed by atoms with Gasteiger partial charge in [-0.3, -0.25) is 23.7 Å². The van der Waals surface area contributed by atoms with Gasteiger partial charge in [-0.1, -0.05) is 12.1 Å². The molecule has 0 radical (unpaired) electrons. The largest absolute Gasteiger partial charge is 0.321 e. The van der Waals surface area contributed by atoms with E-state index in [1.807, 2.05) is 0 Å². The van der Waals surface area contributed by atoms with E-state index >= 15 is 0 Å². The van der Waals surface area contributed by atoms with Gasteiger partial charge in [0.25, 0.3) is 11.8 Å². The number of fused-ring (bicyclic) bond motifs is 2. The van der Waals surface area contributed by atoms with Crippen molar-refractivity contribution >= 4 is 45.0 Å². The minimum absolute atomic E-state index is 0.308. The molecule has 8 nitrogen and oxygen atoms in total. The van der Waals surface area contributed by atoms with Gasteiger partial charge in [0, 0.05) is 10.7 Å². The second-order valence-electron chi connectivity index (χ2n) is 5.42. The maximum atomic E-state index is 12.4. The fourth-order valence-electron chi connectivity index (χ4n) is 2.71. The molecule has 0 saturated carbocycles. The summed E-state index contributed by atoms with van der Waals surface area (Å²) in [4.78, 5) is 37.9. The highest BCUT2D eigenvalue weighted by Crippen LogP contribution is 2.23. The number of carbonyl (C=O) groups is 3. The van der Waals surface area contributed by atoms with Crippen LogP contribution in [0.4, 0.5) is 5.69 Å². The molecule has 3 amide bonds. The van der Waals surface area contributed by atoms with Gasteiger partial charge >= 0.3 is 0 Å². The number of rotatable bonds is 3. The summed E-state index contributed by atoms with van der Waals surface area (Å²) in [6, 6.07) is 8.17. The van der Waals surface area contributed by atoms with Crippen LogP contribution in [-0.2, 0) is 4.79 Å². The smallest absolute Gasteiger partial charge is 0.262 e. The number of carbonyl (C=O) groups excluding carboxylic acids is 3. The van der Waals surface area contributed by atoms with Crippen LogP contribution in [0.15, 0.2) is 47.3 Å². The van der Waals surface area contributed by atoms with Crippen molar-refractivity contribution in [1.82, 2.24) is 19.5 Å². The monoisotopic (exact) mass is 399 g/mol. The van der Waals surface area contributed by atoms with Crippen molar-refractivity contribution < 1.29 is 14.4 Å². The zero-order chi connectivity index (χ0) is 17.6. The van der Waals surface area contributed by atoms with Gasteiger partial charge < -0.3 is 5.32 Å². The quantitative estimate of drug-likeness (QED) is 0.676. The van der Waals surface area contributed by atoms with Crippen LogP contribution in [0, 0.1) is 0 Å². The van der Waals surface area contributed by atoms with Gasteiger partial charge in [-0.15, -0.1) is 10.2 Å². The van der Waals surface area contributed by atoms with E-state index in [2.05, 4.69) is 31.4 Å². The van der Waals surface area contributed by atoms with Gasteiger partial charge in [-0.2, -0.15) is 0 Å². The summed E-state index contributed by atoms with van der Waals surface area (Å²) in [6.45, 7) is -0.376. The van der Waals surface area contributed by atoms with Crippen LogP contribution in [0.25, 0.3) is 5.65 Å². The molecule has 1 N–H and O–H groups in total. The lowest BCUT2D eigenvalue weighted by Crippen LogP contribution is -2.37. The summed E-state index contributed by atoms with van der Waals surface area (Å²) < 4.78 is 2.36. The lowest BCUT2D eigenvalue weighted by Gasteiger charge is -2.14. The number of hydrogen-bond donors (Lipinski definition) is 1. The summed E-state index contributed by atoms with van der Waals surface area (Å²) in [7, 11) is 0. The Labute approximate surface area is 149 Å². The fourth-order valence-corrected chi connectivity index (χ4v) is 3.16. The molecule has 0 bridgehead atoms. The van der Waals surface area contributed by atoms with Crippen LogP contribution in [0.3, 0.4) is 0 Å². The Morgan fingerprint density at radius 1 is 1.16 bits per heavy atom. The average Bonchev–Trinajstić information content (AvgIpc) is 3.14. The number of anilines is 1. The molecular weight excluding hydrogens is 390 g/mol. The van der Waals surface area contributed by atoms with Crippen molar-refractivity contribution in [3.8, 4) is 0 Å². The summed E-state index contributed by atoms with van der Waals surface area (Å²) in [5.41, 5.74) is 1.50. The second-order valence-corrected chi connectivity index (χ2v) is 6.34. The lowest BCUT2D eigenvalue weighted by molar-refractivity contribution is -0.116. The Morgan fingerprint density at radius 3 is 2.52 bits per heavy atom. The maximum absolute atomic E-state index is 12.4. The van der Waals surface area contributed by atoms with Crippen molar-refractivity contribution in [3.05, 3.63) is 58.5 Å². The van der Waals surface area contributed by atoms with Crippen molar-refractivity contribution in [2.45, 2.75) is 0 Å². The van der Waals surface area contributed by atoms with Gasteiger partial charge in [0.2, 0.25) is 5.91 Å². The van der Waals surface area contributed by atoms with Crippen LogP contribution >= 0.6 is 15.9 Å². The molecule has 1 aliphatic rings. The molecule has 3 heterocycles. The molecule has 3 aromatic rings. The van der Waals surface area contributed by atoms with E-state index in [0.29, 0.717) is 22.5 Å². The topological polar surface area (TPSA) is 96.7 Å². The van der Waals surface area contributed by atoms with E-state index in [-0.39, 0.29) is 6.54 Å². The summed E-state index contributed by atoms with van der Waals surface area (Å²) >= 11 is 3.34. The first-order chi connectivity index (χ1) is 12.0. The minimum Gasteiger partial charge on any atom is -0.321 e. The van der Waals surface area contributed by atoms with Crippen LogP contribution in [0.1, 0.15) is 20.7 Å². The zero-order valence-corrected chi connectivity index (χ0v) is 14.2. The Bertz CT molecular complexity index is 1010. The van der Waals surface area contributed by atoms with E-state index in [1.54, 1.807) is 40.9 Å². The molecular formula is C16H10BrN5O3. The van der Waals surface area contributed by atoms with E-state index < -0.39 is 17.7 Å². The average molecular weight is 400 g/mol. The predicted molar refractivity (Wildman–Crippen MR) is 91.1 cm³/mol. The third kappa shape index (κ3) is 2.58.